The zero-order valence-corrected chi connectivity index (χ0v) is 15.3. The summed E-state index contributed by atoms with van der Waals surface area (Å²) in [7, 11) is 1.64. The third-order valence-corrected chi connectivity index (χ3v) is 4.12. The molecule has 0 bridgehead atoms. The summed E-state index contributed by atoms with van der Waals surface area (Å²) < 4.78 is 10.4. The number of methoxy groups -OCH3 is 1. The van der Waals surface area contributed by atoms with Crippen LogP contribution in [0.3, 0.4) is 0 Å². The lowest BCUT2D eigenvalue weighted by molar-refractivity contribution is 0.0945. The fraction of sp³-hybridized carbons (Fsp3) is 0.238. The average Bonchev–Trinajstić information content (AvgIpc) is 3.18. The smallest absolute Gasteiger partial charge is 0.273 e. The van der Waals surface area contributed by atoms with Gasteiger partial charge in [0.05, 0.1) is 13.7 Å². The van der Waals surface area contributed by atoms with Gasteiger partial charge in [-0.15, -0.1) is 0 Å². The normalized spacial score (nSPS) is 10.6. The molecular weight excluding hydrogens is 342 g/mol. The second kappa shape index (κ2) is 9.54. The van der Waals surface area contributed by atoms with Crippen molar-refractivity contribution in [3.63, 3.8) is 0 Å². The molecule has 27 heavy (non-hydrogen) atoms. The minimum atomic E-state index is -0.235. The third-order valence-electron chi connectivity index (χ3n) is 4.12. The number of hydrogen-bond donors (Lipinski definition) is 2. The number of amides is 1. The van der Waals surface area contributed by atoms with Gasteiger partial charge in [-0.2, -0.15) is 0 Å². The molecule has 2 N–H and O–H groups in total. The highest BCUT2D eigenvalue weighted by Gasteiger charge is 2.12. The van der Waals surface area contributed by atoms with E-state index < -0.39 is 0 Å². The molecule has 0 spiro atoms. The van der Waals surface area contributed by atoms with Crippen LogP contribution >= 0.6 is 0 Å². The van der Waals surface area contributed by atoms with Gasteiger partial charge >= 0.3 is 0 Å². The standard InChI is InChI=1S/C21H23N3O3/c1-26-18-9-7-16(8-10-18)11-12-23-21(25)20-13-19(27-24-20)15-22-14-17-5-3-2-4-6-17/h2-10,13,22H,11-12,14-15H2,1H3,(H,23,25). The molecule has 0 saturated heterocycles. The van der Waals surface area contributed by atoms with Crippen LogP contribution in [0.25, 0.3) is 0 Å². The number of aromatic nitrogens is 1. The first-order valence-corrected chi connectivity index (χ1v) is 8.86. The van der Waals surface area contributed by atoms with Gasteiger partial charge in [-0.1, -0.05) is 47.6 Å². The van der Waals surface area contributed by atoms with Crippen molar-refractivity contribution in [2.45, 2.75) is 19.5 Å². The van der Waals surface area contributed by atoms with E-state index in [9.17, 15) is 4.79 Å². The van der Waals surface area contributed by atoms with Crippen molar-refractivity contribution in [1.29, 1.82) is 0 Å². The van der Waals surface area contributed by atoms with Crippen LogP contribution in [-0.2, 0) is 19.5 Å². The molecule has 140 valence electrons. The van der Waals surface area contributed by atoms with E-state index in [1.54, 1.807) is 13.2 Å². The van der Waals surface area contributed by atoms with Gasteiger partial charge in [0, 0.05) is 19.2 Å². The van der Waals surface area contributed by atoms with Crippen LogP contribution in [0, 0.1) is 0 Å². The maximum absolute atomic E-state index is 12.2. The summed E-state index contributed by atoms with van der Waals surface area (Å²) in [6.45, 7) is 1.77. The Hall–Kier alpha value is -3.12. The summed E-state index contributed by atoms with van der Waals surface area (Å²) in [4.78, 5) is 12.2. The zero-order chi connectivity index (χ0) is 18.9. The van der Waals surface area contributed by atoms with Gasteiger partial charge < -0.3 is 19.9 Å². The molecule has 2 aromatic carbocycles. The lowest BCUT2D eigenvalue weighted by Crippen LogP contribution is -2.25. The molecule has 3 rings (SSSR count). The molecule has 1 heterocycles. The highest BCUT2D eigenvalue weighted by molar-refractivity contribution is 5.92. The molecule has 0 aliphatic carbocycles. The van der Waals surface area contributed by atoms with E-state index in [2.05, 4.69) is 27.9 Å². The number of nitrogens with one attached hydrogen (secondary N) is 2. The van der Waals surface area contributed by atoms with E-state index >= 15 is 0 Å². The molecule has 0 aliphatic rings. The predicted octanol–water partition coefficient (Wildman–Crippen LogP) is 2.95. The van der Waals surface area contributed by atoms with Crippen molar-refractivity contribution in [2.24, 2.45) is 0 Å². The highest BCUT2D eigenvalue weighted by Crippen LogP contribution is 2.11. The average molecular weight is 365 g/mol. The van der Waals surface area contributed by atoms with Gasteiger partial charge in [0.25, 0.3) is 5.91 Å². The van der Waals surface area contributed by atoms with Crippen LogP contribution in [-0.4, -0.2) is 24.7 Å². The molecule has 0 radical (unpaired) electrons. The summed E-state index contributed by atoms with van der Waals surface area (Å²) in [5.74, 6) is 1.21. The fourth-order valence-corrected chi connectivity index (χ4v) is 2.63. The molecule has 0 unspecified atom stereocenters. The lowest BCUT2D eigenvalue weighted by atomic mass is 10.1. The molecule has 0 fully saturated rings. The van der Waals surface area contributed by atoms with Gasteiger partial charge in [-0.25, -0.2) is 0 Å². The minimum Gasteiger partial charge on any atom is -0.497 e. The zero-order valence-electron chi connectivity index (χ0n) is 15.3. The number of carbonyl (C=O) groups excluding carboxylic acids is 1. The van der Waals surface area contributed by atoms with Crippen LogP contribution in [0.15, 0.2) is 65.2 Å². The Kier molecular flexibility index (Phi) is 6.60. The largest absolute Gasteiger partial charge is 0.497 e. The van der Waals surface area contributed by atoms with Crippen molar-refractivity contribution in [3.05, 3.63) is 83.2 Å². The highest BCUT2D eigenvalue weighted by atomic mass is 16.5. The van der Waals surface area contributed by atoms with Gasteiger partial charge in [-0.3, -0.25) is 4.79 Å². The molecule has 3 aromatic rings. The number of carbonyl (C=O) groups is 1. The molecule has 0 aliphatic heterocycles. The summed E-state index contributed by atoms with van der Waals surface area (Å²) >= 11 is 0. The van der Waals surface area contributed by atoms with E-state index in [0.29, 0.717) is 24.5 Å². The maximum atomic E-state index is 12.2. The van der Waals surface area contributed by atoms with Crippen LogP contribution < -0.4 is 15.4 Å². The van der Waals surface area contributed by atoms with Crippen LogP contribution in [0.1, 0.15) is 27.4 Å². The Morgan fingerprint density at radius 3 is 2.56 bits per heavy atom. The van der Waals surface area contributed by atoms with Gasteiger partial charge in [0.1, 0.15) is 5.75 Å². The molecule has 6 nitrogen and oxygen atoms in total. The Morgan fingerprint density at radius 1 is 1.04 bits per heavy atom. The second-order valence-corrected chi connectivity index (χ2v) is 6.12. The summed E-state index contributed by atoms with van der Waals surface area (Å²) in [5, 5.41) is 9.97. The van der Waals surface area contributed by atoms with E-state index in [4.69, 9.17) is 9.26 Å². The summed E-state index contributed by atoms with van der Waals surface area (Å²) in [5.41, 5.74) is 2.61. The number of nitrogens with zero attached hydrogens (tertiary/aromatic N) is 1. The predicted molar refractivity (Wildman–Crippen MR) is 103 cm³/mol. The molecule has 0 saturated carbocycles. The minimum absolute atomic E-state index is 0.235. The van der Waals surface area contributed by atoms with Gasteiger partial charge in [0.15, 0.2) is 11.5 Å². The Bertz CT molecular complexity index is 845. The van der Waals surface area contributed by atoms with E-state index in [1.807, 2.05) is 42.5 Å². The van der Waals surface area contributed by atoms with Crippen molar-refractivity contribution in [1.82, 2.24) is 15.8 Å². The van der Waals surface area contributed by atoms with Gasteiger partial charge in [0.2, 0.25) is 0 Å². The quantitative estimate of drug-likeness (QED) is 0.610. The third kappa shape index (κ3) is 5.69. The van der Waals surface area contributed by atoms with E-state index in [-0.39, 0.29) is 5.91 Å². The number of rotatable bonds is 9. The number of ether oxygens (including phenoxy) is 1. The molecule has 1 amide bonds. The van der Waals surface area contributed by atoms with Crippen LogP contribution in [0.5, 0.6) is 5.75 Å². The summed E-state index contributed by atoms with van der Waals surface area (Å²) in [6, 6.07) is 19.5. The number of hydrogen-bond acceptors (Lipinski definition) is 5. The SMILES string of the molecule is COc1ccc(CCNC(=O)c2cc(CNCc3ccccc3)on2)cc1. The fourth-order valence-electron chi connectivity index (χ4n) is 2.63. The molecule has 6 heteroatoms. The molecule has 1 aromatic heterocycles. The maximum Gasteiger partial charge on any atom is 0.273 e. The first-order chi connectivity index (χ1) is 13.2. The Labute approximate surface area is 158 Å². The van der Waals surface area contributed by atoms with Crippen LogP contribution in [0.4, 0.5) is 0 Å². The first-order valence-electron chi connectivity index (χ1n) is 8.86. The van der Waals surface area contributed by atoms with Gasteiger partial charge in [-0.05, 0) is 29.7 Å². The second-order valence-electron chi connectivity index (χ2n) is 6.12. The van der Waals surface area contributed by atoms with Crippen LogP contribution in [0.2, 0.25) is 0 Å². The van der Waals surface area contributed by atoms with Crippen molar-refractivity contribution in [3.8, 4) is 5.75 Å². The Morgan fingerprint density at radius 2 is 1.81 bits per heavy atom. The monoisotopic (exact) mass is 365 g/mol. The Balaban J connectivity index is 1.41. The van der Waals surface area contributed by atoms with E-state index in [1.165, 1.54) is 5.56 Å². The van der Waals surface area contributed by atoms with Crippen molar-refractivity contribution >= 4 is 5.91 Å². The number of benzene rings is 2. The molecular formula is C21H23N3O3. The van der Waals surface area contributed by atoms with Crippen molar-refractivity contribution in [2.75, 3.05) is 13.7 Å². The summed E-state index contributed by atoms with van der Waals surface area (Å²) in [6.07, 6.45) is 0.735. The lowest BCUT2D eigenvalue weighted by Gasteiger charge is -2.04. The van der Waals surface area contributed by atoms with E-state index in [0.717, 1.165) is 24.3 Å². The van der Waals surface area contributed by atoms with Crippen molar-refractivity contribution < 1.29 is 14.1 Å². The molecule has 0 atom stereocenters. The first kappa shape index (κ1) is 18.7. The topological polar surface area (TPSA) is 76.4 Å².